The van der Waals surface area contributed by atoms with Gasteiger partial charge >= 0.3 is 0 Å². The second-order valence-corrected chi connectivity index (χ2v) is 7.60. The second kappa shape index (κ2) is 11.2. The Kier molecular flexibility index (Phi) is 8.37. The van der Waals surface area contributed by atoms with Gasteiger partial charge in [0.1, 0.15) is 11.5 Å². The van der Waals surface area contributed by atoms with E-state index in [-0.39, 0.29) is 11.9 Å². The Balaban J connectivity index is 1.55. The van der Waals surface area contributed by atoms with Crippen molar-refractivity contribution in [1.82, 2.24) is 20.4 Å². The molecule has 1 unspecified atom stereocenters. The number of aliphatic imine (C=N–C) groups is 1. The summed E-state index contributed by atoms with van der Waals surface area (Å²) < 4.78 is 11.4. The summed E-state index contributed by atoms with van der Waals surface area (Å²) in [4.78, 5) is 20.9. The molecule has 2 aliphatic rings. The number of hydrogen-bond donors (Lipinski definition) is 2. The highest BCUT2D eigenvalue weighted by Gasteiger charge is 2.25. The molecule has 162 valence electrons. The van der Waals surface area contributed by atoms with Crippen molar-refractivity contribution in [3.05, 3.63) is 23.7 Å². The fourth-order valence-corrected chi connectivity index (χ4v) is 3.84. The molecule has 1 aromatic heterocycles. The molecule has 3 heterocycles. The van der Waals surface area contributed by atoms with E-state index in [4.69, 9.17) is 14.1 Å². The summed E-state index contributed by atoms with van der Waals surface area (Å²) in [5.41, 5.74) is 0. The van der Waals surface area contributed by atoms with Crippen molar-refractivity contribution in [2.75, 3.05) is 59.0 Å². The van der Waals surface area contributed by atoms with Crippen LogP contribution in [0.25, 0.3) is 0 Å². The highest BCUT2D eigenvalue weighted by atomic mass is 16.5. The maximum atomic E-state index is 11.7. The van der Waals surface area contributed by atoms with E-state index in [1.54, 1.807) is 0 Å². The van der Waals surface area contributed by atoms with Crippen LogP contribution in [0.1, 0.15) is 43.7 Å². The molecule has 0 spiro atoms. The lowest BCUT2D eigenvalue weighted by molar-refractivity contribution is -0.127. The number of furan rings is 1. The molecule has 0 aromatic carbocycles. The molecule has 1 aromatic rings. The number of morpholine rings is 1. The Labute approximate surface area is 173 Å². The molecule has 0 aliphatic carbocycles. The lowest BCUT2D eigenvalue weighted by Crippen LogP contribution is -2.42. The van der Waals surface area contributed by atoms with Crippen LogP contribution in [0.5, 0.6) is 0 Å². The molecule has 29 heavy (non-hydrogen) atoms. The average molecular weight is 406 g/mol. The number of hydrogen-bond acceptors (Lipinski definition) is 5. The van der Waals surface area contributed by atoms with E-state index in [0.29, 0.717) is 13.0 Å². The van der Waals surface area contributed by atoms with Crippen LogP contribution in [-0.2, 0) is 9.53 Å². The van der Waals surface area contributed by atoms with Crippen LogP contribution in [0.15, 0.2) is 21.5 Å². The number of nitrogens with zero attached hydrogens (tertiary/aromatic N) is 3. The van der Waals surface area contributed by atoms with Crippen molar-refractivity contribution in [2.45, 2.75) is 39.2 Å². The van der Waals surface area contributed by atoms with Gasteiger partial charge in [-0.15, -0.1) is 0 Å². The van der Waals surface area contributed by atoms with E-state index in [0.717, 1.165) is 82.8 Å². The first-order valence-electron chi connectivity index (χ1n) is 10.9. The molecular weight excluding hydrogens is 370 g/mol. The molecule has 0 saturated carbocycles. The van der Waals surface area contributed by atoms with Crippen LogP contribution in [-0.4, -0.2) is 80.7 Å². The second-order valence-electron chi connectivity index (χ2n) is 7.60. The van der Waals surface area contributed by atoms with Gasteiger partial charge in [-0.3, -0.25) is 14.7 Å². The van der Waals surface area contributed by atoms with Gasteiger partial charge in [-0.25, -0.2) is 0 Å². The molecule has 2 fully saturated rings. The fraction of sp³-hybridized carbons (Fsp3) is 0.714. The van der Waals surface area contributed by atoms with Gasteiger partial charge in [0.2, 0.25) is 5.91 Å². The Morgan fingerprint density at radius 2 is 2.07 bits per heavy atom. The van der Waals surface area contributed by atoms with E-state index in [9.17, 15) is 4.79 Å². The van der Waals surface area contributed by atoms with Crippen molar-refractivity contribution in [1.29, 1.82) is 0 Å². The number of carbonyl (C=O) groups is 1. The third-order valence-corrected chi connectivity index (χ3v) is 5.41. The molecule has 0 bridgehead atoms. The van der Waals surface area contributed by atoms with Crippen molar-refractivity contribution in [2.24, 2.45) is 4.99 Å². The van der Waals surface area contributed by atoms with Crippen molar-refractivity contribution < 1.29 is 13.9 Å². The van der Waals surface area contributed by atoms with Crippen LogP contribution in [0.4, 0.5) is 0 Å². The maximum absolute atomic E-state index is 11.7. The van der Waals surface area contributed by atoms with Crippen LogP contribution in [0, 0.1) is 6.92 Å². The molecule has 2 aliphatic heterocycles. The lowest BCUT2D eigenvalue weighted by atomic mass is 10.1. The summed E-state index contributed by atoms with van der Waals surface area (Å²) in [6.07, 6.45) is 2.61. The topological polar surface area (TPSA) is 82.3 Å². The summed E-state index contributed by atoms with van der Waals surface area (Å²) in [6.45, 7) is 11.2. The molecule has 2 saturated heterocycles. The van der Waals surface area contributed by atoms with Crippen LogP contribution >= 0.6 is 0 Å². The van der Waals surface area contributed by atoms with E-state index < -0.39 is 0 Å². The monoisotopic (exact) mass is 405 g/mol. The zero-order valence-corrected chi connectivity index (χ0v) is 17.8. The first-order chi connectivity index (χ1) is 14.2. The minimum Gasteiger partial charge on any atom is -0.465 e. The first-order valence-corrected chi connectivity index (χ1v) is 10.9. The van der Waals surface area contributed by atoms with Crippen LogP contribution in [0.2, 0.25) is 0 Å². The number of nitrogens with one attached hydrogen (secondary N) is 2. The molecule has 3 rings (SSSR count). The van der Waals surface area contributed by atoms with Crippen LogP contribution < -0.4 is 10.6 Å². The van der Waals surface area contributed by atoms with E-state index in [1.807, 2.05) is 17.9 Å². The summed E-state index contributed by atoms with van der Waals surface area (Å²) in [5, 5.41) is 6.72. The Hall–Kier alpha value is -2.06. The molecule has 1 atom stereocenters. The van der Waals surface area contributed by atoms with Crippen molar-refractivity contribution >= 4 is 11.9 Å². The smallest absolute Gasteiger partial charge is 0.222 e. The molecular formula is C21H35N5O3. The molecule has 0 radical (unpaired) electrons. The number of ether oxygens (including phenoxy) is 1. The van der Waals surface area contributed by atoms with Crippen molar-refractivity contribution in [3.8, 4) is 0 Å². The number of amides is 1. The van der Waals surface area contributed by atoms with Gasteiger partial charge in [0.15, 0.2) is 5.96 Å². The number of aryl methyl sites for hydroxylation is 1. The van der Waals surface area contributed by atoms with Gasteiger partial charge in [-0.1, -0.05) is 0 Å². The normalized spacial score (nSPS) is 19.6. The Morgan fingerprint density at radius 3 is 2.72 bits per heavy atom. The number of guanidine groups is 1. The number of carbonyl (C=O) groups excluding carboxylic acids is 1. The molecule has 1 amide bonds. The quantitative estimate of drug-likeness (QED) is 0.368. The third-order valence-electron chi connectivity index (χ3n) is 5.41. The highest BCUT2D eigenvalue weighted by molar-refractivity contribution is 5.80. The standard InChI is InChI=1S/C21H35N5O3/c1-3-22-21(23-9-5-11-26-10-4-6-20(26)27)24-16-18(19-8-7-17(2)29-19)25-12-14-28-15-13-25/h7-8,18H,3-6,9-16H2,1-2H3,(H2,22,23,24). The molecule has 8 heteroatoms. The predicted octanol–water partition coefficient (Wildman–Crippen LogP) is 1.53. The van der Waals surface area contributed by atoms with E-state index in [1.165, 1.54) is 0 Å². The summed E-state index contributed by atoms with van der Waals surface area (Å²) >= 11 is 0. The minimum atomic E-state index is 0.102. The molecule has 8 nitrogen and oxygen atoms in total. The SMILES string of the molecule is CCNC(=NCC(c1ccc(C)o1)N1CCOCC1)NCCCN1CCCC1=O. The van der Waals surface area contributed by atoms with E-state index >= 15 is 0 Å². The zero-order chi connectivity index (χ0) is 20.5. The first kappa shape index (κ1) is 21.6. The Bertz CT molecular complexity index is 669. The predicted molar refractivity (Wildman–Crippen MR) is 113 cm³/mol. The van der Waals surface area contributed by atoms with Gasteiger partial charge in [-0.05, 0) is 38.8 Å². The average Bonchev–Trinajstić information content (AvgIpc) is 3.34. The van der Waals surface area contributed by atoms with E-state index in [2.05, 4.69) is 28.5 Å². The van der Waals surface area contributed by atoms with Crippen LogP contribution in [0.3, 0.4) is 0 Å². The largest absolute Gasteiger partial charge is 0.465 e. The van der Waals surface area contributed by atoms with Gasteiger partial charge in [0.25, 0.3) is 0 Å². The molecule has 2 N–H and O–H groups in total. The number of likely N-dealkylation sites (tertiary alicyclic amines) is 1. The minimum absolute atomic E-state index is 0.102. The third kappa shape index (κ3) is 6.47. The Morgan fingerprint density at radius 1 is 1.24 bits per heavy atom. The van der Waals surface area contributed by atoms with Gasteiger partial charge < -0.3 is 24.7 Å². The number of rotatable bonds is 9. The summed E-state index contributed by atoms with van der Waals surface area (Å²) in [7, 11) is 0. The van der Waals surface area contributed by atoms with Gasteiger partial charge in [0.05, 0.1) is 25.8 Å². The highest BCUT2D eigenvalue weighted by Crippen LogP contribution is 2.24. The van der Waals surface area contributed by atoms with Crippen molar-refractivity contribution in [3.63, 3.8) is 0 Å². The summed E-state index contributed by atoms with van der Waals surface area (Å²) in [5.74, 6) is 2.97. The summed E-state index contributed by atoms with van der Waals surface area (Å²) in [6, 6.07) is 4.17. The lowest BCUT2D eigenvalue weighted by Gasteiger charge is -2.32. The fourth-order valence-electron chi connectivity index (χ4n) is 3.84. The van der Waals surface area contributed by atoms with Gasteiger partial charge in [0, 0.05) is 45.7 Å². The van der Waals surface area contributed by atoms with Gasteiger partial charge in [-0.2, -0.15) is 0 Å². The maximum Gasteiger partial charge on any atom is 0.222 e. The zero-order valence-electron chi connectivity index (χ0n) is 17.8.